The number of methoxy groups -OCH3 is 1. The Hall–Kier alpha value is -3.51. The molecule has 3 aromatic rings. The van der Waals surface area contributed by atoms with Gasteiger partial charge in [-0.2, -0.15) is 5.26 Å². The molecule has 1 saturated heterocycles. The van der Waals surface area contributed by atoms with Crippen LogP contribution in [-0.4, -0.2) is 31.1 Å². The van der Waals surface area contributed by atoms with Crippen molar-refractivity contribution < 1.29 is 23.1 Å². The maximum absolute atomic E-state index is 15.9. The molecule has 1 unspecified atom stereocenters. The van der Waals surface area contributed by atoms with Crippen LogP contribution in [0.25, 0.3) is 0 Å². The van der Waals surface area contributed by atoms with Crippen molar-refractivity contribution in [3.8, 4) is 6.07 Å². The van der Waals surface area contributed by atoms with Crippen LogP contribution >= 0.6 is 23.2 Å². The topological polar surface area (TPSA) is 91.2 Å². The molecule has 10 heteroatoms. The maximum atomic E-state index is 15.9. The summed E-state index contributed by atoms with van der Waals surface area (Å²) in [5.41, 5.74) is -0.921. The van der Waals surface area contributed by atoms with Crippen LogP contribution in [0.2, 0.25) is 10.0 Å². The molecule has 0 bridgehead atoms. The molecule has 1 amide bonds. The number of rotatable bonds is 9. The number of halogens is 4. The Morgan fingerprint density at radius 3 is 2.33 bits per heavy atom. The van der Waals surface area contributed by atoms with Gasteiger partial charge in [0.15, 0.2) is 0 Å². The van der Waals surface area contributed by atoms with Crippen LogP contribution in [0.1, 0.15) is 76.0 Å². The normalized spacial score (nSPS) is 21.9. The van der Waals surface area contributed by atoms with Gasteiger partial charge in [-0.1, -0.05) is 88.2 Å². The van der Waals surface area contributed by atoms with Gasteiger partial charge in [-0.15, -0.1) is 0 Å². The van der Waals surface area contributed by atoms with Gasteiger partial charge >= 0.3 is 5.97 Å². The molecule has 0 saturated carbocycles. The molecule has 2 N–H and O–H groups in total. The summed E-state index contributed by atoms with van der Waals surface area (Å²) in [5.74, 6) is -3.83. The number of nitrogens with one attached hydrogen (secondary N) is 2. The van der Waals surface area contributed by atoms with E-state index in [1.807, 2.05) is 34.6 Å². The van der Waals surface area contributed by atoms with Crippen LogP contribution in [0, 0.1) is 34.3 Å². The summed E-state index contributed by atoms with van der Waals surface area (Å²) in [6, 6.07) is 15.7. The highest BCUT2D eigenvalue weighted by molar-refractivity contribution is 6.31. The number of hydrogen-bond donors (Lipinski definition) is 2. The summed E-state index contributed by atoms with van der Waals surface area (Å²) in [6.07, 6.45) is 0.939. The average molecular weight is 671 g/mol. The number of esters is 1. The summed E-state index contributed by atoms with van der Waals surface area (Å²) in [5, 5.41) is 17.2. The lowest BCUT2D eigenvalue weighted by atomic mass is 9.62. The van der Waals surface area contributed by atoms with Crippen LogP contribution in [0.15, 0.2) is 60.7 Å². The Kier molecular flexibility index (Phi) is 10.8. The highest BCUT2D eigenvalue weighted by Crippen LogP contribution is 2.53. The van der Waals surface area contributed by atoms with E-state index in [9.17, 15) is 14.9 Å². The Labute approximate surface area is 279 Å². The smallest absolute Gasteiger partial charge is 0.313 e. The predicted molar refractivity (Wildman–Crippen MR) is 177 cm³/mol. The molecule has 0 aromatic heterocycles. The lowest BCUT2D eigenvalue weighted by Crippen LogP contribution is -2.45. The minimum Gasteiger partial charge on any atom is -0.469 e. The van der Waals surface area contributed by atoms with Crippen molar-refractivity contribution in [2.75, 3.05) is 12.4 Å². The van der Waals surface area contributed by atoms with Crippen molar-refractivity contribution in [2.24, 2.45) is 11.3 Å². The van der Waals surface area contributed by atoms with Gasteiger partial charge in [0, 0.05) is 28.2 Å². The van der Waals surface area contributed by atoms with E-state index in [1.54, 1.807) is 30.3 Å². The van der Waals surface area contributed by atoms with E-state index in [0.29, 0.717) is 18.5 Å². The van der Waals surface area contributed by atoms with E-state index in [0.717, 1.165) is 11.6 Å². The molecule has 1 fully saturated rings. The molecular weight excluding hydrogens is 631 g/mol. The van der Waals surface area contributed by atoms with Crippen molar-refractivity contribution in [1.29, 1.82) is 5.26 Å². The van der Waals surface area contributed by atoms with Gasteiger partial charge in [0.25, 0.3) is 0 Å². The van der Waals surface area contributed by atoms with E-state index in [2.05, 4.69) is 16.7 Å². The highest BCUT2D eigenvalue weighted by atomic mass is 35.5. The van der Waals surface area contributed by atoms with Gasteiger partial charge in [0.05, 0.1) is 30.2 Å². The van der Waals surface area contributed by atoms with E-state index >= 15 is 8.78 Å². The summed E-state index contributed by atoms with van der Waals surface area (Å²) >= 11 is 12.3. The van der Waals surface area contributed by atoms with E-state index in [4.69, 9.17) is 27.9 Å². The first-order valence-electron chi connectivity index (χ1n) is 15.2. The molecule has 3 aromatic carbocycles. The van der Waals surface area contributed by atoms with Gasteiger partial charge in [0.2, 0.25) is 5.91 Å². The molecule has 1 aliphatic rings. The summed E-state index contributed by atoms with van der Waals surface area (Å²) in [6.45, 7) is 9.95. The second-order valence-corrected chi connectivity index (χ2v) is 14.3. The monoisotopic (exact) mass is 669 g/mol. The zero-order valence-electron chi connectivity index (χ0n) is 26.8. The first-order valence-corrected chi connectivity index (χ1v) is 15.9. The van der Waals surface area contributed by atoms with E-state index in [1.165, 1.54) is 31.4 Å². The third-order valence-corrected chi connectivity index (χ3v) is 9.03. The van der Waals surface area contributed by atoms with Crippen LogP contribution in [0.3, 0.4) is 0 Å². The number of hydrogen-bond acceptors (Lipinski definition) is 5. The lowest BCUT2D eigenvalue weighted by Gasteiger charge is -2.37. The van der Waals surface area contributed by atoms with Crippen molar-refractivity contribution in [2.45, 2.75) is 76.8 Å². The third-order valence-electron chi connectivity index (χ3n) is 8.50. The molecule has 244 valence electrons. The molecule has 6 nitrogen and oxygen atoms in total. The number of carbonyl (C=O) groups excluding carboxylic acids is 2. The quantitative estimate of drug-likeness (QED) is 0.223. The Morgan fingerprint density at radius 2 is 1.76 bits per heavy atom. The summed E-state index contributed by atoms with van der Waals surface area (Å²) < 4.78 is 36.7. The van der Waals surface area contributed by atoms with Gasteiger partial charge in [-0.05, 0) is 65.6 Å². The number of anilines is 1. The fourth-order valence-electron chi connectivity index (χ4n) is 6.56. The molecule has 46 heavy (non-hydrogen) atoms. The van der Waals surface area contributed by atoms with Gasteiger partial charge in [-0.25, -0.2) is 8.78 Å². The second kappa shape index (κ2) is 14.1. The SMILES string of the molecule is COC(=O)C(CC(C)C)c1ccc(NC(=O)[C@@H]2N[C@@H](CC(C)(C)C)[C@](C#N)(c3ccc(Cl)cc3F)[C@H]2c2cccc(Cl)c2F)cc1. The molecule has 1 heterocycles. The Morgan fingerprint density at radius 1 is 1.09 bits per heavy atom. The molecule has 4 rings (SSSR count). The fourth-order valence-corrected chi connectivity index (χ4v) is 6.90. The zero-order chi connectivity index (χ0) is 34.0. The number of nitrogens with zero attached hydrogens (tertiary/aromatic N) is 1. The lowest BCUT2D eigenvalue weighted by molar-refractivity contribution is -0.142. The number of ether oxygens (including phenoxy) is 1. The first-order chi connectivity index (χ1) is 21.6. The number of carbonyl (C=O) groups is 2. The van der Waals surface area contributed by atoms with Crippen LogP contribution in [0.5, 0.6) is 0 Å². The zero-order valence-corrected chi connectivity index (χ0v) is 28.3. The number of benzene rings is 3. The molecule has 0 spiro atoms. The molecule has 0 aliphatic carbocycles. The molecular formula is C36H39Cl2F2N3O3. The predicted octanol–water partition coefficient (Wildman–Crippen LogP) is 8.53. The van der Waals surface area contributed by atoms with Crippen molar-refractivity contribution in [3.05, 3.63) is 99.0 Å². The van der Waals surface area contributed by atoms with Crippen LogP contribution in [-0.2, 0) is 19.7 Å². The largest absolute Gasteiger partial charge is 0.469 e. The summed E-state index contributed by atoms with van der Waals surface area (Å²) in [4.78, 5) is 26.7. The Balaban J connectivity index is 1.83. The molecule has 1 aliphatic heterocycles. The van der Waals surface area contributed by atoms with Crippen LogP contribution in [0.4, 0.5) is 14.5 Å². The maximum Gasteiger partial charge on any atom is 0.313 e. The fraction of sp³-hybridized carbons (Fsp3) is 0.417. The second-order valence-electron chi connectivity index (χ2n) is 13.5. The number of amides is 1. The van der Waals surface area contributed by atoms with Crippen molar-refractivity contribution in [1.82, 2.24) is 5.32 Å². The highest BCUT2D eigenvalue weighted by Gasteiger charge is 2.61. The van der Waals surface area contributed by atoms with Crippen molar-refractivity contribution in [3.63, 3.8) is 0 Å². The standard InChI is InChI=1S/C36H39Cl2F2N3O3/c1-20(2)16-25(34(45)46-6)21-10-13-23(14-11-21)42-33(44)32-30(24-8-7-9-27(38)31(24)40)36(19-41,29(43-32)18-35(3,4)5)26-15-12-22(37)17-28(26)39/h7-15,17,20,25,29-30,32,43H,16,18H2,1-6H3,(H,42,44)/t25?,29-,30-,32+,36-/m0/s1. The van der Waals surface area contributed by atoms with Crippen LogP contribution < -0.4 is 10.6 Å². The summed E-state index contributed by atoms with van der Waals surface area (Å²) in [7, 11) is 1.35. The molecule has 0 radical (unpaired) electrons. The third kappa shape index (κ3) is 7.22. The van der Waals surface area contributed by atoms with Gasteiger partial charge < -0.3 is 15.4 Å². The van der Waals surface area contributed by atoms with Gasteiger partial charge in [-0.3, -0.25) is 9.59 Å². The molecule has 5 atom stereocenters. The average Bonchev–Trinajstić information content (AvgIpc) is 3.30. The van der Waals surface area contributed by atoms with E-state index < -0.39 is 46.9 Å². The Bertz CT molecular complexity index is 1630. The minimum absolute atomic E-state index is 0.00387. The minimum atomic E-state index is -1.73. The number of nitriles is 1. The van der Waals surface area contributed by atoms with Crippen molar-refractivity contribution >= 4 is 40.8 Å². The van der Waals surface area contributed by atoms with Gasteiger partial charge in [0.1, 0.15) is 17.0 Å². The van der Waals surface area contributed by atoms with E-state index in [-0.39, 0.29) is 38.5 Å². The first kappa shape index (κ1) is 35.3.